The van der Waals surface area contributed by atoms with Crippen LogP contribution in [0.3, 0.4) is 0 Å². The lowest BCUT2D eigenvalue weighted by Crippen LogP contribution is -2.44. The van der Waals surface area contributed by atoms with Crippen molar-refractivity contribution in [1.82, 2.24) is 15.8 Å². The highest BCUT2D eigenvalue weighted by Gasteiger charge is 2.31. The highest BCUT2D eigenvalue weighted by Crippen LogP contribution is 2.04. The molecule has 1 saturated heterocycles. The van der Waals surface area contributed by atoms with Crippen LogP contribution >= 0.6 is 0 Å². The summed E-state index contributed by atoms with van der Waals surface area (Å²) in [7, 11) is 1.68. The van der Waals surface area contributed by atoms with E-state index >= 15 is 0 Å². The van der Waals surface area contributed by atoms with Crippen LogP contribution in [0.2, 0.25) is 0 Å². The Morgan fingerprint density at radius 1 is 1.56 bits per heavy atom. The molecule has 9 heavy (non-hydrogen) atoms. The van der Waals surface area contributed by atoms with Gasteiger partial charge in [-0.05, 0) is 13.8 Å². The number of rotatable bonds is 0. The third-order valence-corrected chi connectivity index (χ3v) is 1.17. The number of hydrogen-bond acceptors (Lipinski definition) is 2. The maximum Gasteiger partial charge on any atom is 0.333 e. The number of hydrogen-bond donors (Lipinski definition) is 2. The van der Waals surface area contributed by atoms with Crippen LogP contribution in [0.15, 0.2) is 0 Å². The largest absolute Gasteiger partial charge is 0.333 e. The van der Waals surface area contributed by atoms with E-state index < -0.39 is 0 Å². The molecule has 2 N–H and O–H groups in total. The van der Waals surface area contributed by atoms with E-state index in [2.05, 4.69) is 10.7 Å². The first-order chi connectivity index (χ1) is 4.01. The lowest BCUT2D eigenvalue weighted by Gasteiger charge is -2.16. The third-order valence-electron chi connectivity index (χ3n) is 1.17. The van der Waals surface area contributed by atoms with Crippen molar-refractivity contribution < 1.29 is 4.79 Å². The van der Waals surface area contributed by atoms with Gasteiger partial charge in [0.15, 0.2) is 0 Å². The zero-order valence-electron chi connectivity index (χ0n) is 5.86. The van der Waals surface area contributed by atoms with E-state index in [0.717, 1.165) is 0 Å². The Morgan fingerprint density at radius 2 is 2.11 bits per heavy atom. The molecule has 0 atom stereocenters. The summed E-state index contributed by atoms with van der Waals surface area (Å²) in [6.07, 6.45) is 0. The Kier molecular flexibility index (Phi) is 1.13. The smallest absolute Gasteiger partial charge is 0.318 e. The minimum Gasteiger partial charge on any atom is -0.318 e. The minimum atomic E-state index is -0.286. The Hall–Kier alpha value is -0.770. The van der Waals surface area contributed by atoms with Gasteiger partial charge < -0.3 is 5.32 Å². The van der Waals surface area contributed by atoms with Crippen LogP contribution in [-0.4, -0.2) is 23.8 Å². The zero-order chi connectivity index (χ0) is 7.07. The Morgan fingerprint density at radius 3 is 2.22 bits per heavy atom. The van der Waals surface area contributed by atoms with Crippen molar-refractivity contribution in [2.45, 2.75) is 19.5 Å². The molecular formula is C5H11N3O. The van der Waals surface area contributed by atoms with Gasteiger partial charge in [0.2, 0.25) is 0 Å². The lowest BCUT2D eigenvalue weighted by atomic mass is 10.3. The van der Waals surface area contributed by atoms with E-state index in [-0.39, 0.29) is 11.7 Å². The summed E-state index contributed by atoms with van der Waals surface area (Å²) in [5.74, 6) is 0. The van der Waals surface area contributed by atoms with Crippen LogP contribution in [0, 0.1) is 0 Å². The molecule has 1 rings (SSSR count). The standard InChI is InChI=1S/C5H11N3O/c1-5(2)6-4(9)8(3)7-5/h7H,1-3H3,(H,6,9). The van der Waals surface area contributed by atoms with Crippen molar-refractivity contribution in [2.24, 2.45) is 0 Å². The molecule has 0 aliphatic carbocycles. The third kappa shape index (κ3) is 1.13. The quantitative estimate of drug-likeness (QED) is 0.479. The van der Waals surface area contributed by atoms with Gasteiger partial charge in [-0.25, -0.2) is 10.2 Å². The summed E-state index contributed by atoms with van der Waals surface area (Å²) >= 11 is 0. The van der Waals surface area contributed by atoms with Crippen molar-refractivity contribution in [1.29, 1.82) is 0 Å². The summed E-state index contributed by atoms with van der Waals surface area (Å²) in [4.78, 5) is 10.7. The van der Waals surface area contributed by atoms with E-state index in [1.807, 2.05) is 13.8 Å². The van der Waals surface area contributed by atoms with Gasteiger partial charge in [0.1, 0.15) is 5.66 Å². The molecular weight excluding hydrogens is 118 g/mol. The highest BCUT2D eigenvalue weighted by atomic mass is 16.2. The summed E-state index contributed by atoms with van der Waals surface area (Å²) in [5, 5.41) is 4.15. The van der Waals surface area contributed by atoms with Crippen molar-refractivity contribution >= 4 is 6.03 Å². The van der Waals surface area contributed by atoms with Crippen molar-refractivity contribution in [2.75, 3.05) is 7.05 Å². The molecule has 2 amide bonds. The van der Waals surface area contributed by atoms with Crippen molar-refractivity contribution in [3.05, 3.63) is 0 Å². The Labute approximate surface area is 54.2 Å². The second kappa shape index (κ2) is 1.60. The van der Waals surface area contributed by atoms with Gasteiger partial charge in [-0.2, -0.15) is 0 Å². The van der Waals surface area contributed by atoms with E-state index in [1.165, 1.54) is 5.01 Å². The molecule has 0 saturated carbocycles. The highest BCUT2D eigenvalue weighted by molar-refractivity contribution is 5.76. The van der Waals surface area contributed by atoms with Gasteiger partial charge in [0.05, 0.1) is 0 Å². The van der Waals surface area contributed by atoms with Gasteiger partial charge in [0.25, 0.3) is 0 Å². The fourth-order valence-electron chi connectivity index (χ4n) is 0.849. The van der Waals surface area contributed by atoms with Crippen LogP contribution in [0.5, 0.6) is 0 Å². The predicted molar refractivity (Wildman–Crippen MR) is 33.5 cm³/mol. The summed E-state index contributed by atoms with van der Waals surface area (Å²) in [5.41, 5.74) is 2.63. The maximum absolute atomic E-state index is 10.7. The monoisotopic (exact) mass is 129 g/mol. The molecule has 1 heterocycles. The first kappa shape index (κ1) is 6.35. The minimum absolute atomic E-state index is 0.0833. The molecule has 4 nitrogen and oxygen atoms in total. The molecule has 0 radical (unpaired) electrons. The topological polar surface area (TPSA) is 44.4 Å². The normalized spacial score (nSPS) is 24.3. The lowest BCUT2D eigenvalue weighted by molar-refractivity contribution is 0.210. The van der Waals surface area contributed by atoms with Gasteiger partial charge in [-0.15, -0.1) is 0 Å². The molecule has 52 valence electrons. The molecule has 0 aromatic carbocycles. The molecule has 0 aromatic heterocycles. The first-order valence-electron chi connectivity index (χ1n) is 2.85. The molecule has 1 aliphatic heterocycles. The average molecular weight is 129 g/mol. The van der Waals surface area contributed by atoms with Gasteiger partial charge >= 0.3 is 6.03 Å². The first-order valence-corrected chi connectivity index (χ1v) is 2.85. The fourth-order valence-corrected chi connectivity index (χ4v) is 0.849. The van der Waals surface area contributed by atoms with Gasteiger partial charge in [0, 0.05) is 7.05 Å². The summed E-state index contributed by atoms with van der Waals surface area (Å²) in [6, 6.07) is -0.0833. The van der Waals surface area contributed by atoms with Gasteiger partial charge in [-0.1, -0.05) is 0 Å². The second-order valence-corrected chi connectivity index (χ2v) is 2.73. The van der Waals surface area contributed by atoms with Crippen LogP contribution in [0.1, 0.15) is 13.8 Å². The molecule has 4 heteroatoms. The zero-order valence-corrected chi connectivity index (χ0v) is 5.86. The number of urea groups is 1. The molecule has 0 aromatic rings. The van der Waals surface area contributed by atoms with E-state index in [0.29, 0.717) is 0 Å². The van der Waals surface area contributed by atoms with Crippen molar-refractivity contribution in [3.63, 3.8) is 0 Å². The maximum atomic E-state index is 10.7. The number of hydrazine groups is 1. The van der Waals surface area contributed by atoms with E-state index in [1.54, 1.807) is 7.05 Å². The second-order valence-electron chi connectivity index (χ2n) is 2.73. The SMILES string of the molecule is CN1NC(C)(C)NC1=O. The molecule has 1 aliphatic rings. The molecule has 0 unspecified atom stereocenters. The fraction of sp³-hybridized carbons (Fsp3) is 0.800. The van der Waals surface area contributed by atoms with E-state index in [4.69, 9.17) is 0 Å². The van der Waals surface area contributed by atoms with E-state index in [9.17, 15) is 4.79 Å². The molecule has 0 spiro atoms. The average Bonchev–Trinajstić information content (AvgIpc) is 1.79. The van der Waals surface area contributed by atoms with Crippen LogP contribution in [-0.2, 0) is 0 Å². The van der Waals surface area contributed by atoms with Crippen LogP contribution in [0.25, 0.3) is 0 Å². The number of amides is 2. The number of carbonyl (C=O) groups excluding carboxylic acids is 1. The number of nitrogens with zero attached hydrogens (tertiary/aromatic N) is 1. The molecule has 1 fully saturated rings. The Bertz CT molecular complexity index is 143. The number of nitrogens with one attached hydrogen (secondary N) is 2. The van der Waals surface area contributed by atoms with Crippen molar-refractivity contribution in [3.8, 4) is 0 Å². The summed E-state index contributed by atoms with van der Waals surface area (Å²) in [6.45, 7) is 3.79. The van der Waals surface area contributed by atoms with Gasteiger partial charge in [-0.3, -0.25) is 5.01 Å². The Balaban J connectivity index is 2.65. The number of carbonyl (C=O) groups is 1. The summed E-state index contributed by atoms with van der Waals surface area (Å²) < 4.78 is 0. The predicted octanol–water partition coefficient (Wildman–Crippen LogP) is -0.118. The molecule has 0 bridgehead atoms. The van der Waals surface area contributed by atoms with Crippen LogP contribution < -0.4 is 10.7 Å². The van der Waals surface area contributed by atoms with Crippen LogP contribution in [0.4, 0.5) is 4.79 Å².